The van der Waals surface area contributed by atoms with Gasteiger partial charge in [-0.05, 0) is 6.42 Å². The molecule has 9 nitrogen and oxygen atoms in total. The fourth-order valence-electron chi connectivity index (χ4n) is 2.04. The molecule has 22 heavy (non-hydrogen) atoms. The molecule has 0 spiro atoms. The van der Waals surface area contributed by atoms with Crippen molar-refractivity contribution in [3.05, 3.63) is 11.6 Å². The number of hydrogen-bond donors (Lipinski definition) is 5. The third-order valence-corrected chi connectivity index (χ3v) is 4.31. The normalized spacial score (nSPS) is 26.9. The van der Waals surface area contributed by atoms with E-state index in [0.717, 1.165) is 6.26 Å². The van der Waals surface area contributed by atoms with E-state index in [1.807, 2.05) is 0 Å². The third-order valence-electron chi connectivity index (χ3n) is 3.33. The van der Waals surface area contributed by atoms with Gasteiger partial charge < -0.3 is 27.0 Å². The number of rotatable bonds is 6. The highest BCUT2D eigenvalue weighted by atomic mass is 32.2. The highest BCUT2D eigenvalue weighted by Crippen LogP contribution is 2.18. The molecule has 1 aliphatic rings. The SMILES string of the molecule is CS(=O)(=O)CC[C@H](NC(=O)C1=C[C@@H](N)[C@@H](O)[C@H](O)C1)C(N)=O. The van der Waals surface area contributed by atoms with Gasteiger partial charge in [0, 0.05) is 18.2 Å². The second-order valence-electron chi connectivity index (χ2n) is 5.38. The van der Waals surface area contributed by atoms with E-state index in [1.54, 1.807) is 0 Å². The Kier molecular flexibility index (Phi) is 6.06. The zero-order valence-electron chi connectivity index (χ0n) is 12.1. The number of carbonyl (C=O) groups is 2. The Labute approximate surface area is 128 Å². The maximum absolute atomic E-state index is 12.1. The molecule has 0 heterocycles. The molecule has 1 aliphatic carbocycles. The summed E-state index contributed by atoms with van der Waals surface area (Å²) in [7, 11) is -3.30. The van der Waals surface area contributed by atoms with Crippen LogP contribution in [0.5, 0.6) is 0 Å². The van der Waals surface area contributed by atoms with Gasteiger partial charge in [-0.15, -0.1) is 0 Å². The predicted molar refractivity (Wildman–Crippen MR) is 78.1 cm³/mol. The van der Waals surface area contributed by atoms with E-state index in [0.29, 0.717) is 0 Å². The molecular weight excluding hydrogens is 314 g/mol. The summed E-state index contributed by atoms with van der Waals surface area (Å²) in [4.78, 5) is 23.3. The van der Waals surface area contributed by atoms with Gasteiger partial charge >= 0.3 is 0 Å². The number of aliphatic hydroxyl groups is 2. The predicted octanol–water partition coefficient (Wildman–Crippen LogP) is -3.23. The van der Waals surface area contributed by atoms with Gasteiger partial charge in [-0.3, -0.25) is 9.59 Å². The number of nitrogens with two attached hydrogens (primary N) is 2. The molecule has 0 aromatic rings. The van der Waals surface area contributed by atoms with Gasteiger partial charge in [0.15, 0.2) is 0 Å². The van der Waals surface area contributed by atoms with Crippen molar-refractivity contribution in [2.24, 2.45) is 11.5 Å². The maximum atomic E-state index is 12.1. The minimum absolute atomic E-state index is 0.107. The molecule has 4 atom stereocenters. The van der Waals surface area contributed by atoms with E-state index in [4.69, 9.17) is 11.5 Å². The van der Waals surface area contributed by atoms with Crippen molar-refractivity contribution in [2.75, 3.05) is 12.0 Å². The van der Waals surface area contributed by atoms with Gasteiger partial charge in [-0.25, -0.2) is 8.42 Å². The van der Waals surface area contributed by atoms with Crippen molar-refractivity contribution < 1.29 is 28.2 Å². The zero-order valence-corrected chi connectivity index (χ0v) is 12.9. The molecule has 126 valence electrons. The Morgan fingerprint density at radius 2 is 2.05 bits per heavy atom. The summed E-state index contributed by atoms with van der Waals surface area (Å²) in [6.07, 6.45) is -0.338. The first-order valence-electron chi connectivity index (χ1n) is 6.61. The van der Waals surface area contributed by atoms with E-state index in [1.165, 1.54) is 6.08 Å². The Balaban J connectivity index is 2.75. The van der Waals surface area contributed by atoms with Crippen molar-refractivity contribution in [1.82, 2.24) is 5.32 Å². The fourth-order valence-corrected chi connectivity index (χ4v) is 2.70. The number of aliphatic hydroxyl groups excluding tert-OH is 2. The van der Waals surface area contributed by atoms with Crippen molar-refractivity contribution >= 4 is 21.7 Å². The van der Waals surface area contributed by atoms with E-state index in [-0.39, 0.29) is 24.2 Å². The molecule has 2 amide bonds. The van der Waals surface area contributed by atoms with Crippen LogP contribution >= 0.6 is 0 Å². The van der Waals surface area contributed by atoms with E-state index >= 15 is 0 Å². The second-order valence-corrected chi connectivity index (χ2v) is 7.64. The van der Waals surface area contributed by atoms with E-state index in [2.05, 4.69) is 5.32 Å². The van der Waals surface area contributed by atoms with E-state index in [9.17, 15) is 28.2 Å². The lowest BCUT2D eigenvalue weighted by molar-refractivity contribution is -0.125. The number of sulfone groups is 1. The summed E-state index contributed by atoms with van der Waals surface area (Å²) in [5.74, 6) is -1.85. The van der Waals surface area contributed by atoms with Crippen LogP contribution in [0.4, 0.5) is 0 Å². The Bertz CT molecular complexity index is 573. The van der Waals surface area contributed by atoms with Gasteiger partial charge in [0.25, 0.3) is 0 Å². The first kappa shape index (κ1) is 18.6. The Hall–Kier alpha value is -1.49. The van der Waals surface area contributed by atoms with Crippen LogP contribution in [-0.4, -0.2) is 66.7 Å². The molecule has 0 bridgehead atoms. The van der Waals surface area contributed by atoms with Crippen LogP contribution in [0, 0.1) is 0 Å². The van der Waals surface area contributed by atoms with Crippen molar-refractivity contribution in [3.8, 4) is 0 Å². The topological polar surface area (TPSA) is 173 Å². The lowest BCUT2D eigenvalue weighted by Crippen LogP contribution is -2.49. The molecule has 0 aliphatic heterocycles. The minimum atomic E-state index is -3.30. The maximum Gasteiger partial charge on any atom is 0.247 e. The van der Waals surface area contributed by atoms with Crippen molar-refractivity contribution in [1.29, 1.82) is 0 Å². The second kappa shape index (κ2) is 7.18. The number of carbonyl (C=O) groups excluding carboxylic acids is 2. The molecule has 7 N–H and O–H groups in total. The Morgan fingerprint density at radius 1 is 1.45 bits per heavy atom. The average Bonchev–Trinajstić information content (AvgIpc) is 2.38. The number of primary amides is 1. The molecule has 0 aromatic heterocycles. The van der Waals surface area contributed by atoms with Gasteiger partial charge in [0.05, 0.1) is 24.0 Å². The largest absolute Gasteiger partial charge is 0.390 e. The van der Waals surface area contributed by atoms with Gasteiger partial charge in [-0.1, -0.05) is 6.08 Å². The summed E-state index contributed by atoms with van der Waals surface area (Å²) in [6, 6.07) is -2.06. The number of amides is 2. The molecule has 0 saturated heterocycles. The molecule has 10 heteroatoms. The lowest BCUT2D eigenvalue weighted by Gasteiger charge is -2.28. The number of hydrogen-bond acceptors (Lipinski definition) is 7. The van der Waals surface area contributed by atoms with Crippen LogP contribution < -0.4 is 16.8 Å². The molecule has 0 aromatic carbocycles. The van der Waals surface area contributed by atoms with Crippen LogP contribution in [-0.2, 0) is 19.4 Å². The Morgan fingerprint density at radius 3 is 2.50 bits per heavy atom. The first-order valence-corrected chi connectivity index (χ1v) is 8.67. The summed E-state index contributed by atoms with van der Waals surface area (Å²) in [5.41, 5.74) is 10.8. The van der Waals surface area contributed by atoms with Crippen LogP contribution in [0.1, 0.15) is 12.8 Å². The van der Waals surface area contributed by atoms with E-state index < -0.39 is 45.9 Å². The third kappa shape index (κ3) is 5.37. The average molecular weight is 335 g/mol. The van der Waals surface area contributed by atoms with Crippen LogP contribution in [0.25, 0.3) is 0 Å². The first-order chi connectivity index (χ1) is 10.0. The number of nitrogens with one attached hydrogen (secondary N) is 1. The highest BCUT2D eigenvalue weighted by Gasteiger charge is 2.31. The monoisotopic (exact) mass is 335 g/mol. The van der Waals surface area contributed by atoms with Crippen LogP contribution in [0.3, 0.4) is 0 Å². The summed E-state index contributed by atoms with van der Waals surface area (Å²) in [5, 5.41) is 21.4. The molecule has 0 fully saturated rings. The summed E-state index contributed by atoms with van der Waals surface area (Å²) >= 11 is 0. The smallest absolute Gasteiger partial charge is 0.247 e. The molecule has 0 radical (unpaired) electrons. The van der Waals surface area contributed by atoms with Gasteiger partial charge in [0.2, 0.25) is 11.8 Å². The highest BCUT2D eigenvalue weighted by molar-refractivity contribution is 7.90. The molecule has 0 saturated carbocycles. The summed E-state index contributed by atoms with van der Waals surface area (Å²) < 4.78 is 22.2. The molecular formula is C12H21N3O6S. The lowest BCUT2D eigenvalue weighted by atomic mass is 9.90. The molecule has 0 unspecified atom stereocenters. The quantitative estimate of drug-likeness (QED) is 0.339. The molecule has 1 rings (SSSR count). The van der Waals surface area contributed by atoms with Gasteiger partial charge in [-0.2, -0.15) is 0 Å². The summed E-state index contributed by atoms with van der Waals surface area (Å²) in [6.45, 7) is 0. The zero-order chi connectivity index (χ0) is 17.1. The fraction of sp³-hybridized carbons (Fsp3) is 0.667. The van der Waals surface area contributed by atoms with Crippen LogP contribution in [0.15, 0.2) is 11.6 Å². The van der Waals surface area contributed by atoms with Crippen LogP contribution in [0.2, 0.25) is 0 Å². The minimum Gasteiger partial charge on any atom is -0.390 e. The van der Waals surface area contributed by atoms with Gasteiger partial charge in [0.1, 0.15) is 15.9 Å². The van der Waals surface area contributed by atoms with Crippen molar-refractivity contribution in [2.45, 2.75) is 37.1 Å². The van der Waals surface area contributed by atoms with Crippen molar-refractivity contribution in [3.63, 3.8) is 0 Å². The standard InChI is InChI=1S/C12H21N3O6S/c1-22(20,21)3-2-8(11(14)18)15-12(19)6-4-7(13)10(17)9(16)5-6/h4,7-10,16-17H,2-3,5,13H2,1H3,(H2,14,18)(H,15,19)/t7-,8+,9-,10-/m1/s1.